The number of alkyl carbamates (subject to hydrolysis) is 1. The first-order valence-electron chi connectivity index (χ1n) is 9.82. The standard InChI is InChI=1S/C23H25N3O5/c1-16(12-13-24)20(22(28)29)26-21(27)19(14-17-8-4-2-5-9-17)25-23(30)31-15-18-10-6-3-7-11-18/h2-11,16,19-20H,12,14-15H2,1H3,(H,25,30)(H,26,27)(H,28,29)/t16-,19-,20-/m0/s1. The fraction of sp³-hybridized carbons (Fsp3) is 0.304. The van der Waals surface area contributed by atoms with Gasteiger partial charge in [0.25, 0.3) is 0 Å². The molecule has 0 spiro atoms. The Kier molecular flexibility index (Phi) is 9.05. The maximum atomic E-state index is 12.9. The fourth-order valence-electron chi connectivity index (χ4n) is 2.93. The van der Waals surface area contributed by atoms with Gasteiger partial charge >= 0.3 is 12.1 Å². The van der Waals surface area contributed by atoms with Gasteiger partial charge in [-0.1, -0.05) is 67.6 Å². The molecule has 2 rings (SSSR count). The Balaban J connectivity index is 2.09. The summed E-state index contributed by atoms with van der Waals surface area (Å²) in [4.78, 5) is 36.7. The van der Waals surface area contributed by atoms with E-state index in [2.05, 4.69) is 10.6 Å². The lowest BCUT2D eigenvalue weighted by Gasteiger charge is -2.24. The quantitative estimate of drug-likeness (QED) is 0.539. The molecule has 2 aromatic rings. The van der Waals surface area contributed by atoms with E-state index in [1.54, 1.807) is 43.3 Å². The number of benzene rings is 2. The number of nitrogens with zero attached hydrogens (tertiary/aromatic N) is 1. The molecule has 0 aliphatic carbocycles. The van der Waals surface area contributed by atoms with Crippen molar-refractivity contribution >= 4 is 18.0 Å². The summed E-state index contributed by atoms with van der Waals surface area (Å²) >= 11 is 0. The Morgan fingerprint density at radius 1 is 1.00 bits per heavy atom. The number of nitriles is 1. The molecule has 0 heterocycles. The minimum Gasteiger partial charge on any atom is -0.480 e. The van der Waals surface area contributed by atoms with Crippen molar-refractivity contribution in [3.63, 3.8) is 0 Å². The van der Waals surface area contributed by atoms with Crippen molar-refractivity contribution in [3.05, 3.63) is 71.8 Å². The molecule has 0 radical (unpaired) electrons. The molecule has 162 valence electrons. The van der Waals surface area contributed by atoms with Crippen LogP contribution in [0.25, 0.3) is 0 Å². The summed E-state index contributed by atoms with van der Waals surface area (Å²) in [6, 6.07) is 17.7. The number of hydrogen-bond donors (Lipinski definition) is 3. The smallest absolute Gasteiger partial charge is 0.408 e. The molecule has 8 heteroatoms. The highest BCUT2D eigenvalue weighted by Gasteiger charge is 2.30. The molecule has 0 saturated heterocycles. The van der Waals surface area contributed by atoms with Crippen molar-refractivity contribution < 1.29 is 24.2 Å². The highest BCUT2D eigenvalue weighted by Crippen LogP contribution is 2.10. The lowest BCUT2D eigenvalue weighted by Crippen LogP contribution is -2.54. The zero-order valence-electron chi connectivity index (χ0n) is 17.2. The molecule has 0 fully saturated rings. The van der Waals surface area contributed by atoms with E-state index in [0.717, 1.165) is 11.1 Å². The molecule has 0 aliphatic heterocycles. The van der Waals surface area contributed by atoms with Crippen LogP contribution in [0.1, 0.15) is 24.5 Å². The number of nitrogens with one attached hydrogen (secondary N) is 2. The van der Waals surface area contributed by atoms with Crippen molar-refractivity contribution in [2.24, 2.45) is 5.92 Å². The van der Waals surface area contributed by atoms with E-state index in [-0.39, 0.29) is 19.4 Å². The zero-order chi connectivity index (χ0) is 22.6. The first kappa shape index (κ1) is 23.4. The highest BCUT2D eigenvalue weighted by molar-refractivity contribution is 5.89. The van der Waals surface area contributed by atoms with Crippen molar-refractivity contribution in [1.29, 1.82) is 5.26 Å². The van der Waals surface area contributed by atoms with Crippen LogP contribution in [0.5, 0.6) is 0 Å². The maximum Gasteiger partial charge on any atom is 0.408 e. The summed E-state index contributed by atoms with van der Waals surface area (Å²) in [7, 11) is 0. The van der Waals surface area contributed by atoms with Crippen molar-refractivity contribution in [2.45, 2.75) is 38.5 Å². The van der Waals surface area contributed by atoms with Gasteiger partial charge in [0.1, 0.15) is 18.7 Å². The Morgan fingerprint density at radius 3 is 2.13 bits per heavy atom. The monoisotopic (exact) mass is 423 g/mol. The summed E-state index contributed by atoms with van der Waals surface area (Å²) in [5, 5.41) is 23.3. The van der Waals surface area contributed by atoms with E-state index in [1.165, 1.54) is 0 Å². The Bertz CT molecular complexity index is 912. The van der Waals surface area contributed by atoms with Crippen LogP contribution in [0, 0.1) is 17.2 Å². The molecule has 0 unspecified atom stereocenters. The van der Waals surface area contributed by atoms with Gasteiger partial charge in [-0.15, -0.1) is 0 Å². The topological polar surface area (TPSA) is 129 Å². The molecule has 0 aliphatic rings. The number of hydrogen-bond acceptors (Lipinski definition) is 5. The molecule has 0 saturated carbocycles. The summed E-state index contributed by atoms with van der Waals surface area (Å²) in [6.45, 7) is 1.60. The number of amides is 2. The zero-order valence-corrected chi connectivity index (χ0v) is 17.2. The molecule has 3 N–H and O–H groups in total. The largest absolute Gasteiger partial charge is 0.480 e. The molecule has 3 atom stereocenters. The predicted octanol–water partition coefficient (Wildman–Crippen LogP) is 2.64. The first-order valence-corrected chi connectivity index (χ1v) is 9.82. The second kappa shape index (κ2) is 12.0. The molecule has 0 aromatic heterocycles. The molecule has 0 bridgehead atoms. The van der Waals surface area contributed by atoms with Gasteiger partial charge in [-0.05, 0) is 11.1 Å². The molecule has 8 nitrogen and oxygen atoms in total. The van der Waals surface area contributed by atoms with Crippen LogP contribution in [0.3, 0.4) is 0 Å². The minimum absolute atomic E-state index is 0.0311. The third-order valence-electron chi connectivity index (χ3n) is 4.65. The van der Waals surface area contributed by atoms with Crippen molar-refractivity contribution in [3.8, 4) is 6.07 Å². The summed E-state index contributed by atoms with van der Waals surface area (Å²) in [5.41, 5.74) is 1.57. The second-order valence-corrected chi connectivity index (χ2v) is 7.11. The van der Waals surface area contributed by atoms with Crippen molar-refractivity contribution in [1.82, 2.24) is 10.6 Å². The molecule has 2 amide bonds. The van der Waals surface area contributed by atoms with Crippen LogP contribution in [0.4, 0.5) is 4.79 Å². The van der Waals surface area contributed by atoms with Crippen LogP contribution in [-0.4, -0.2) is 35.2 Å². The Morgan fingerprint density at radius 2 is 1.58 bits per heavy atom. The average Bonchev–Trinajstić information content (AvgIpc) is 2.76. The predicted molar refractivity (Wildman–Crippen MR) is 113 cm³/mol. The number of carboxylic acids is 1. The minimum atomic E-state index is -1.26. The summed E-state index contributed by atoms with van der Waals surface area (Å²) in [6.07, 6.45) is -0.684. The molecule has 31 heavy (non-hydrogen) atoms. The summed E-state index contributed by atoms with van der Waals surface area (Å²) < 4.78 is 5.20. The molecule has 2 aromatic carbocycles. The van der Waals surface area contributed by atoms with E-state index in [9.17, 15) is 19.5 Å². The SMILES string of the molecule is C[C@@H](CC#N)[C@H](NC(=O)[C@H](Cc1ccccc1)NC(=O)OCc1ccccc1)C(=O)O. The van der Waals surface area contributed by atoms with Gasteiger partial charge in [-0.25, -0.2) is 9.59 Å². The number of aliphatic carboxylic acids is 1. The van der Waals surface area contributed by atoms with E-state index >= 15 is 0 Å². The van der Waals surface area contributed by atoms with Gasteiger partial charge in [0.15, 0.2) is 0 Å². The number of ether oxygens (including phenoxy) is 1. The summed E-state index contributed by atoms with van der Waals surface area (Å²) in [5.74, 6) is -2.52. The van der Waals surface area contributed by atoms with Crippen LogP contribution in [0.15, 0.2) is 60.7 Å². The molecular formula is C23H25N3O5. The number of carboxylic acid groups (broad SMARTS) is 1. The van der Waals surface area contributed by atoms with Gasteiger partial charge in [0.05, 0.1) is 6.07 Å². The lowest BCUT2D eigenvalue weighted by molar-refractivity contribution is -0.143. The fourth-order valence-corrected chi connectivity index (χ4v) is 2.93. The van der Waals surface area contributed by atoms with Gasteiger partial charge in [-0.2, -0.15) is 5.26 Å². The van der Waals surface area contributed by atoms with Crippen molar-refractivity contribution in [2.75, 3.05) is 0 Å². The van der Waals surface area contributed by atoms with E-state index in [0.29, 0.717) is 0 Å². The highest BCUT2D eigenvalue weighted by atomic mass is 16.5. The average molecular weight is 423 g/mol. The van der Waals surface area contributed by atoms with E-state index in [1.807, 2.05) is 30.3 Å². The van der Waals surface area contributed by atoms with Gasteiger partial charge in [0, 0.05) is 18.8 Å². The Hall–Kier alpha value is -3.86. The van der Waals surface area contributed by atoms with Crippen LogP contribution < -0.4 is 10.6 Å². The van der Waals surface area contributed by atoms with E-state index < -0.39 is 36.0 Å². The third-order valence-corrected chi connectivity index (χ3v) is 4.65. The van der Waals surface area contributed by atoms with Gasteiger partial charge in [0.2, 0.25) is 5.91 Å². The van der Waals surface area contributed by atoms with E-state index in [4.69, 9.17) is 10.00 Å². The third kappa shape index (κ3) is 7.82. The first-order chi connectivity index (χ1) is 14.9. The number of carbonyl (C=O) groups excluding carboxylic acids is 2. The normalized spacial score (nSPS) is 13.2. The lowest BCUT2D eigenvalue weighted by atomic mass is 9.98. The molecular weight excluding hydrogens is 398 g/mol. The van der Waals surface area contributed by atoms with Crippen LogP contribution in [0.2, 0.25) is 0 Å². The van der Waals surface area contributed by atoms with Crippen LogP contribution in [-0.2, 0) is 27.4 Å². The maximum absolute atomic E-state index is 12.9. The van der Waals surface area contributed by atoms with Gasteiger partial charge < -0.3 is 20.5 Å². The number of rotatable bonds is 10. The Labute approximate surface area is 180 Å². The van der Waals surface area contributed by atoms with Gasteiger partial charge in [-0.3, -0.25) is 4.79 Å². The number of carbonyl (C=O) groups is 3. The van der Waals surface area contributed by atoms with Crippen LogP contribution >= 0.6 is 0 Å². The second-order valence-electron chi connectivity index (χ2n) is 7.11.